The van der Waals surface area contributed by atoms with Gasteiger partial charge >= 0.3 is 0 Å². The third kappa shape index (κ3) is 2.15. The van der Waals surface area contributed by atoms with Crippen LogP contribution in [0.25, 0.3) is 10.9 Å². The van der Waals surface area contributed by atoms with E-state index in [9.17, 15) is 12.8 Å². The number of anilines is 1. The van der Waals surface area contributed by atoms with Gasteiger partial charge in [0.2, 0.25) is 0 Å². The van der Waals surface area contributed by atoms with E-state index in [1.165, 1.54) is 23.8 Å². The average Bonchev–Trinajstić information content (AvgIpc) is 3.03. The summed E-state index contributed by atoms with van der Waals surface area (Å²) in [5, 5.41) is 1.75. The minimum absolute atomic E-state index is 0.0534. The number of hydrogen-bond acceptors (Lipinski definition) is 4. The molecule has 1 aromatic carbocycles. The Labute approximate surface area is 122 Å². The van der Waals surface area contributed by atoms with E-state index in [1.54, 1.807) is 0 Å². The molecule has 0 amide bonds. The summed E-state index contributed by atoms with van der Waals surface area (Å²) in [5.41, 5.74) is 0.515. The van der Waals surface area contributed by atoms with Crippen molar-refractivity contribution in [3.05, 3.63) is 40.7 Å². The summed E-state index contributed by atoms with van der Waals surface area (Å²) >= 11 is 6.89. The molecule has 0 radical (unpaired) electrons. The number of sulfonamides is 1. The van der Waals surface area contributed by atoms with Gasteiger partial charge in [-0.15, -0.1) is 0 Å². The Morgan fingerprint density at radius 3 is 2.90 bits per heavy atom. The van der Waals surface area contributed by atoms with Gasteiger partial charge in [0.1, 0.15) is 10.7 Å². The largest absolute Gasteiger partial charge is 0.358 e. The monoisotopic (exact) mass is 331 g/mol. The number of fused-ring (bicyclic) bond motifs is 1. The van der Waals surface area contributed by atoms with E-state index in [0.29, 0.717) is 5.52 Å². The van der Waals surface area contributed by atoms with Gasteiger partial charge < -0.3 is 4.98 Å². The van der Waals surface area contributed by atoms with Crippen LogP contribution in [0.2, 0.25) is 5.02 Å². The molecule has 2 aromatic heterocycles. The summed E-state index contributed by atoms with van der Waals surface area (Å²) in [6.07, 6.45) is 2.65. The molecule has 0 unspecified atom stereocenters. The van der Waals surface area contributed by atoms with Crippen LogP contribution in [0, 0.1) is 5.82 Å². The third-order valence-electron chi connectivity index (χ3n) is 2.70. The van der Waals surface area contributed by atoms with Crippen LogP contribution in [-0.2, 0) is 10.0 Å². The lowest BCUT2D eigenvalue weighted by Gasteiger charge is -2.07. The number of aromatic amines is 1. The van der Waals surface area contributed by atoms with E-state index in [2.05, 4.69) is 14.1 Å². The average molecular weight is 332 g/mol. The van der Waals surface area contributed by atoms with E-state index < -0.39 is 15.8 Å². The SMILES string of the molecule is O=S(=O)(Nc1ccc(F)c2c(Cl)c[nH]c12)c1cnsc1. The standard InChI is InChI=1S/C11H7ClFN3O2S2/c12-7-4-14-11-9(2-1-8(13)10(7)11)16-20(17,18)6-3-15-19-5-6/h1-5,14,16H. The Morgan fingerprint density at radius 2 is 2.20 bits per heavy atom. The van der Waals surface area contributed by atoms with Crippen LogP contribution in [0.1, 0.15) is 0 Å². The highest BCUT2D eigenvalue weighted by molar-refractivity contribution is 7.92. The zero-order chi connectivity index (χ0) is 14.3. The molecule has 2 heterocycles. The summed E-state index contributed by atoms with van der Waals surface area (Å²) in [6.45, 7) is 0. The number of aromatic nitrogens is 2. The molecule has 0 aliphatic heterocycles. The molecule has 5 nitrogen and oxygen atoms in total. The number of halogens is 2. The predicted octanol–water partition coefficient (Wildman–Crippen LogP) is 3.22. The first kappa shape index (κ1) is 13.3. The van der Waals surface area contributed by atoms with Crippen molar-refractivity contribution in [2.45, 2.75) is 4.90 Å². The molecule has 2 N–H and O–H groups in total. The minimum Gasteiger partial charge on any atom is -0.358 e. The van der Waals surface area contributed by atoms with E-state index in [4.69, 9.17) is 11.6 Å². The molecule has 0 saturated carbocycles. The summed E-state index contributed by atoms with van der Waals surface area (Å²) in [4.78, 5) is 2.81. The summed E-state index contributed by atoms with van der Waals surface area (Å²) in [5.74, 6) is -0.522. The highest BCUT2D eigenvalue weighted by atomic mass is 35.5. The molecule has 0 aliphatic rings. The van der Waals surface area contributed by atoms with Gasteiger partial charge in [-0.1, -0.05) is 11.6 Å². The number of H-pyrrole nitrogens is 1. The fourth-order valence-corrected chi connectivity index (χ4v) is 3.90. The summed E-state index contributed by atoms with van der Waals surface area (Å²) in [6, 6.07) is 2.49. The smallest absolute Gasteiger partial charge is 0.264 e. The maximum atomic E-state index is 13.7. The van der Waals surface area contributed by atoms with Crippen molar-refractivity contribution in [2.24, 2.45) is 0 Å². The van der Waals surface area contributed by atoms with Gasteiger partial charge in [-0.3, -0.25) is 4.72 Å². The lowest BCUT2D eigenvalue weighted by molar-refractivity contribution is 0.601. The van der Waals surface area contributed by atoms with Crippen molar-refractivity contribution < 1.29 is 12.8 Å². The zero-order valence-corrected chi connectivity index (χ0v) is 12.1. The first-order valence-corrected chi connectivity index (χ1v) is 8.06. The van der Waals surface area contributed by atoms with Crippen LogP contribution < -0.4 is 4.72 Å². The molecule has 0 aliphatic carbocycles. The van der Waals surface area contributed by atoms with Crippen molar-refractivity contribution in [3.63, 3.8) is 0 Å². The predicted molar refractivity (Wildman–Crippen MR) is 76.2 cm³/mol. The number of rotatable bonds is 3. The van der Waals surface area contributed by atoms with Gasteiger partial charge in [-0.25, -0.2) is 12.8 Å². The summed E-state index contributed by atoms with van der Waals surface area (Å²) < 4.78 is 44.0. The molecule has 9 heteroatoms. The zero-order valence-electron chi connectivity index (χ0n) is 9.72. The fraction of sp³-hybridized carbons (Fsp3) is 0. The molecule has 20 heavy (non-hydrogen) atoms. The maximum absolute atomic E-state index is 13.7. The molecular weight excluding hydrogens is 325 g/mol. The maximum Gasteiger partial charge on any atom is 0.264 e. The Bertz CT molecular complexity index is 875. The van der Waals surface area contributed by atoms with Gasteiger partial charge in [-0.05, 0) is 23.7 Å². The quantitative estimate of drug-likeness (QED) is 0.773. The molecule has 3 aromatic rings. The second-order valence-corrected chi connectivity index (χ2v) is 6.69. The second-order valence-electron chi connectivity index (χ2n) is 3.95. The molecule has 0 bridgehead atoms. The van der Waals surface area contributed by atoms with Crippen molar-refractivity contribution in [1.29, 1.82) is 0 Å². The number of hydrogen-bond donors (Lipinski definition) is 2. The van der Waals surface area contributed by atoms with Crippen LogP contribution in [0.15, 0.2) is 34.8 Å². The van der Waals surface area contributed by atoms with Crippen LogP contribution >= 0.6 is 23.1 Å². The second kappa shape index (κ2) is 4.72. The fourth-order valence-electron chi connectivity index (χ4n) is 1.78. The van der Waals surface area contributed by atoms with Gasteiger partial charge in [0.05, 0.1) is 27.8 Å². The van der Waals surface area contributed by atoms with Crippen LogP contribution in [-0.4, -0.2) is 17.8 Å². The Kier molecular flexibility index (Phi) is 3.15. The van der Waals surface area contributed by atoms with Crippen molar-refractivity contribution >= 4 is 49.7 Å². The Balaban J connectivity index is 2.11. The lowest BCUT2D eigenvalue weighted by Crippen LogP contribution is -2.12. The van der Waals surface area contributed by atoms with E-state index >= 15 is 0 Å². The van der Waals surface area contributed by atoms with Crippen molar-refractivity contribution in [3.8, 4) is 0 Å². The highest BCUT2D eigenvalue weighted by Gasteiger charge is 2.19. The number of nitrogens with one attached hydrogen (secondary N) is 2. The normalized spacial score (nSPS) is 11.9. The molecule has 104 valence electrons. The van der Waals surface area contributed by atoms with E-state index in [-0.39, 0.29) is 21.0 Å². The number of benzene rings is 1. The van der Waals surface area contributed by atoms with Crippen molar-refractivity contribution in [1.82, 2.24) is 9.36 Å². The molecule has 0 spiro atoms. The van der Waals surface area contributed by atoms with Crippen LogP contribution in [0.5, 0.6) is 0 Å². The topological polar surface area (TPSA) is 74.8 Å². The molecule has 3 rings (SSSR count). The molecule has 0 fully saturated rings. The van der Waals surface area contributed by atoms with Gasteiger partial charge in [0.15, 0.2) is 0 Å². The summed E-state index contributed by atoms with van der Waals surface area (Å²) in [7, 11) is -3.75. The van der Waals surface area contributed by atoms with E-state index in [1.807, 2.05) is 0 Å². The van der Waals surface area contributed by atoms with E-state index in [0.717, 1.165) is 17.6 Å². The first-order chi connectivity index (χ1) is 9.49. The molecule has 0 saturated heterocycles. The lowest BCUT2D eigenvalue weighted by atomic mass is 10.2. The number of nitrogens with zero attached hydrogens (tertiary/aromatic N) is 1. The van der Waals surface area contributed by atoms with Gasteiger partial charge in [0, 0.05) is 11.6 Å². The highest BCUT2D eigenvalue weighted by Crippen LogP contribution is 2.32. The van der Waals surface area contributed by atoms with Crippen LogP contribution in [0.4, 0.5) is 10.1 Å². The minimum atomic E-state index is -3.75. The first-order valence-electron chi connectivity index (χ1n) is 5.36. The molecule has 0 atom stereocenters. The Hall–Kier alpha value is -1.64. The molecular formula is C11H7ClFN3O2S2. The van der Waals surface area contributed by atoms with Gasteiger partial charge in [0.25, 0.3) is 10.0 Å². The van der Waals surface area contributed by atoms with Gasteiger partial charge in [-0.2, -0.15) is 4.37 Å². The van der Waals surface area contributed by atoms with Crippen molar-refractivity contribution in [2.75, 3.05) is 4.72 Å². The third-order valence-corrected chi connectivity index (χ3v) is 5.07. The van der Waals surface area contributed by atoms with Crippen LogP contribution in [0.3, 0.4) is 0 Å². The Morgan fingerprint density at radius 1 is 1.40 bits per heavy atom.